The first-order valence-electron chi connectivity index (χ1n) is 6.87. The molecule has 0 unspecified atom stereocenters. The van der Waals surface area contributed by atoms with E-state index in [0.717, 1.165) is 10.4 Å². The summed E-state index contributed by atoms with van der Waals surface area (Å²) in [6.45, 7) is 0. The molecule has 0 aliphatic rings. The maximum atomic E-state index is 12.1. The van der Waals surface area contributed by atoms with Crippen molar-refractivity contribution >= 4 is 22.9 Å². The summed E-state index contributed by atoms with van der Waals surface area (Å²) in [7, 11) is 0. The van der Waals surface area contributed by atoms with E-state index >= 15 is 0 Å². The highest BCUT2D eigenvalue weighted by molar-refractivity contribution is 7.10. The third-order valence-electron chi connectivity index (χ3n) is 3.03. The number of nitrogens with one attached hydrogen (secondary N) is 1. The molecule has 0 fully saturated rings. The van der Waals surface area contributed by atoms with Gasteiger partial charge in [0.1, 0.15) is 0 Å². The molecule has 0 saturated carbocycles. The van der Waals surface area contributed by atoms with Crippen molar-refractivity contribution in [2.75, 3.05) is 5.32 Å². The van der Waals surface area contributed by atoms with E-state index in [4.69, 9.17) is 0 Å². The zero-order chi connectivity index (χ0) is 16.1. The Balaban J connectivity index is 1.78. The molecular weight excluding hydrogens is 308 g/mol. The zero-order valence-corrected chi connectivity index (χ0v) is 12.8. The van der Waals surface area contributed by atoms with Gasteiger partial charge in [-0.1, -0.05) is 24.0 Å². The number of carbonyl (C=O) groups excluding carboxylic acids is 1. The molecule has 3 rings (SSSR count). The van der Waals surface area contributed by atoms with Crippen LogP contribution in [0.5, 0.6) is 0 Å². The fraction of sp³-hybridized carbons (Fsp3) is 0. The van der Waals surface area contributed by atoms with Gasteiger partial charge in [0.05, 0.1) is 4.88 Å². The van der Waals surface area contributed by atoms with Gasteiger partial charge in [-0.25, -0.2) is 0 Å². The largest absolute Gasteiger partial charge is 0.618 e. The van der Waals surface area contributed by atoms with Crippen molar-refractivity contribution in [1.82, 2.24) is 0 Å². The Morgan fingerprint density at radius 3 is 2.78 bits per heavy atom. The molecule has 1 N–H and O–H groups in total. The van der Waals surface area contributed by atoms with Crippen LogP contribution < -0.4 is 10.0 Å². The topological polar surface area (TPSA) is 56.0 Å². The van der Waals surface area contributed by atoms with Gasteiger partial charge in [0.2, 0.25) is 0 Å². The number of anilines is 1. The van der Waals surface area contributed by atoms with Crippen LogP contribution in [0, 0.1) is 17.0 Å². The summed E-state index contributed by atoms with van der Waals surface area (Å²) >= 11 is 1.58. The van der Waals surface area contributed by atoms with E-state index in [9.17, 15) is 10.0 Å². The van der Waals surface area contributed by atoms with Crippen molar-refractivity contribution in [3.05, 3.63) is 87.5 Å². The summed E-state index contributed by atoms with van der Waals surface area (Å²) in [5.41, 5.74) is 1.43. The molecule has 0 radical (unpaired) electrons. The number of aromatic nitrogens is 1. The summed E-state index contributed by atoms with van der Waals surface area (Å²) in [5, 5.41) is 16.3. The minimum absolute atomic E-state index is 0.0440. The number of nitrogens with zero attached hydrogens (tertiary/aromatic N) is 1. The molecule has 0 spiro atoms. The number of carbonyl (C=O) groups is 1. The predicted molar refractivity (Wildman–Crippen MR) is 90.1 cm³/mol. The van der Waals surface area contributed by atoms with Crippen LogP contribution in [0.25, 0.3) is 0 Å². The number of hydrogen-bond donors (Lipinski definition) is 1. The van der Waals surface area contributed by atoms with Gasteiger partial charge < -0.3 is 10.5 Å². The second kappa shape index (κ2) is 6.77. The van der Waals surface area contributed by atoms with Crippen molar-refractivity contribution in [2.24, 2.45) is 0 Å². The first-order chi connectivity index (χ1) is 11.2. The highest BCUT2D eigenvalue weighted by atomic mass is 32.1. The maximum Gasteiger partial charge on any atom is 0.321 e. The first-order valence-corrected chi connectivity index (χ1v) is 7.75. The van der Waals surface area contributed by atoms with E-state index in [2.05, 4.69) is 17.2 Å². The van der Waals surface area contributed by atoms with Crippen molar-refractivity contribution in [2.45, 2.75) is 0 Å². The Hall–Kier alpha value is -3.10. The van der Waals surface area contributed by atoms with Crippen LogP contribution in [-0.2, 0) is 0 Å². The molecule has 0 bridgehead atoms. The number of benzene rings is 1. The smallest absolute Gasteiger partial charge is 0.321 e. The molecule has 3 aromatic rings. The minimum atomic E-state index is -0.455. The van der Waals surface area contributed by atoms with Crippen LogP contribution in [0.4, 0.5) is 5.69 Å². The quantitative estimate of drug-likeness (QED) is 0.448. The SMILES string of the molecule is O=C(Nc1cccc(C#Cc2cccs2)c1)c1cccc[n+]1[O-]. The van der Waals surface area contributed by atoms with E-state index in [1.165, 1.54) is 12.3 Å². The Bertz CT molecular complexity index is 893. The molecule has 2 aromatic heterocycles. The fourth-order valence-electron chi connectivity index (χ4n) is 1.96. The molecular formula is C18H12N2O2S. The third kappa shape index (κ3) is 3.76. The average Bonchev–Trinajstić information content (AvgIpc) is 3.07. The maximum absolute atomic E-state index is 12.1. The van der Waals surface area contributed by atoms with Crippen LogP contribution in [-0.4, -0.2) is 5.91 Å². The Morgan fingerprint density at radius 2 is 2.00 bits per heavy atom. The van der Waals surface area contributed by atoms with Crippen LogP contribution >= 0.6 is 11.3 Å². The summed E-state index contributed by atoms with van der Waals surface area (Å²) in [6.07, 6.45) is 1.29. The molecule has 0 aliphatic carbocycles. The molecule has 0 aliphatic heterocycles. The molecule has 112 valence electrons. The van der Waals surface area contributed by atoms with Crippen molar-refractivity contribution < 1.29 is 9.52 Å². The Kier molecular flexibility index (Phi) is 4.37. The highest BCUT2D eigenvalue weighted by Crippen LogP contribution is 2.12. The van der Waals surface area contributed by atoms with Crippen molar-refractivity contribution in [3.63, 3.8) is 0 Å². The second-order valence-corrected chi connectivity index (χ2v) is 5.62. The number of amides is 1. The lowest BCUT2D eigenvalue weighted by molar-refractivity contribution is -0.607. The fourth-order valence-corrected chi connectivity index (χ4v) is 2.53. The normalized spacial score (nSPS) is 9.74. The molecule has 5 heteroatoms. The molecule has 0 saturated heterocycles. The first kappa shape index (κ1) is 14.8. The second-order valence-electron chi connectivity index (χ2n) is 4.67. The van der Waals surface area contributed by atoms with Gasteiger partial charge in [0.15, 0.2) is 6.20 Å². The van der Waals surface area contributed by atoms with Gasteiger partial charge in [-0.3, -0.25) is 4.79 Å². The third-order valence-corrected chi connectivity index (χ3v) is 3.81. The lowest BCUT2D eigenvalue weighted by Crippen LogP contribution is -2.36. The highest BCUT2D eigenvalue weighted by Gasteiger charge is 2.14. The molecule has 4 nitrogen and oxygen atoms in total. The lowest BCUT2D eigenvalue weighted by atomic mass is 10.2. The molecule has 23 heavy (non-hydrogen) atoms. The van der Waals surface area contributed by atoms with Gasteiger partial charge in [-0.2, -0.15) is 4.73 Å². The molecule has 2 heterocycles. The number of rotatable bonds is 2. The van der Waals surface area contributed by atoms with E-state index in [1.807, 2.05) is 29.6 Å². The van der Waals surface area contributed by atoms with E-state index in [-0.39, 0.29) is 5.69 Å². The number of thiophene rings is 1. The van der Waals surface area contributed by atoms with E-state index in [1.54, 1.807) is 35.6 Å². The average molecular weight is 320 g/mol. The lowest BCUT2D eigenvalue weighted by Gasteiger charge is -2.05. The molecule has 1 amide bonds. The van der Waals surface area contributed by atoms with Crippen LogP contribution in [0.3, 0.4) is 0 Å². The zero-order valence-electron chi connectivity index (χ0n) is 12.0. The summed E-state index contributed by atoms with van der Waals surface area (Å²) < 4.78 is 0.537. The van der Waals surface area contributed by atoms with Crippen molar-refractivity contribution in [1.29, 1.82) is 0 Å². The van der Waals surface area contributed by atoms with Gasteiger partial charge in [-0.05, 0) is 35.7 Å². The molecule has 0 atom stereocenters. The van der Waals surface area contributed by atoms with E-state index in [0.29, 0.717) is 10.4 Å². The Morgan fingerprint density at radius 1 is 1.09 bits per heavy atom. The summed E-state index contributed by atoms with van der Waals surface area (Å²) in [4.78, 5) is 13.1. The number of pyridine rings is 1. The van der Waals surface area contributed by atoms with Gasteiger partial charge in [-0.15, -0.1) is 11.3 Å². The molecule has 1 aromatic carbocycles. The minimum Gasteiger partial charge on any atom is -0.618 e. The van der Waals surface area contributed by atoms with Gasteiger partial charge in [0.25, 0.3) is 5.69 Å². The standard InChI is InChI=1S/C18H12N2O2S/c21-18(17-8-1-2-11-20(17)22)19-15-6-3-5-14(13-15)9-10-16-7-4-12-23-16/h1-8,11-13H,(H,19,21). The Labute approximate surface area is 137 Å². The van der Waals surface area contributed by atoms with Crippen molar-refractivity contribution in [3.8, 4) is 11.8 Å². The van der Waals surface area contributed by atoms with E-state index < -0.39 is 5.91 Å². The van der Waals surface area contributed by atoms with Crippen LogP contribution in [0.15, 0.2) is 66.2 Å². The van der Waals surface area contributed by atoms with Gasteiger partial charge >= 0.3 is 5.91 Å². The van der Waals surface area contributed by atoms with Crippen LogP contribution in [0.1, 0.15) is 20.9 Å². The monoisotopic (exact) mass is 320 g/mol. The van der Waals surface area contributed by atoms with Gasteiger partial charge in [0, 0.05) is 23.4 Å². The predicted octanol–water partition coefficient (Wildman–Crippen LogP) is 3.03. The van der Waals surface area contributed by atoms with Crippen LogP contribution in [0.2, 0.25) is 0 Å². The summed E-state index contributed by atoms with van der Waals surface area (Å²) in [6, 6.07) is 15.8. The number of hydrogen-bond acceptors (Lipinski definition) is 3. The summed E-state index contributed by atoms with van der Waals surface area (Å²) in [5.74, 6) is 5.66.